The summed E-state index contributed by atoms with van der Waals surface area (Å²) in [5.74, 6) is -1.60. The maximum absolute atomic E-state index is 13.6. The normalized spacial score (nSPS) is 13.9. The molecule has 1 atom stereocenters. The monoisotopic (exact) mass is 716 g/mol. The van der Waals surface area contributed by atoms with Crippen molar-refractivity contribution in [3.63, 3.8) is 0 Å². The average molecular weight is 717 g/mol. The molecular formula is C36H44N8O8. The van der Waals surface area contributed by atoms with Gasteiger partial charge in [0.05, 0.1) is 88.0 Å². The number of pyridine rings is 1. The van der Waals surface area contributed by atoms with Crippen LogP contribution in [-0.2, 0) is 23.7 Å². The van der Waals surface area contributed by atoms with Gasteiger partial charge in [0.25, 0.3) is 17.6 Å². The van der Waals surface area contributed by atoms with Crippen LogP contribution in [0.2, 0.25) is 0 Å². The lowest BCUT2D eigenvalue weighted by Gasteiger charge is -2.33. The molecule has 1 aliphatic heterocycles. The van der Waals surface area contributed by atoms with Gasteiger partial charge in [-0.25, -0.2) is 9.97 Å². The zero-order chi connectivity index (χ0) is 36.7. The lowest BCUT2D eigenvalue weighted by atomic mass is 9.81. The van der Waals surface area contributed by atoms with Gasteiger partial charge in [-0.2, -0.15) is 9.94 Å². The van der Waals surface area contributed by atoms with Gasteiger partial charge in [0.1, 0.15) is 12.1 Å². The smallest absolute Gasteiger partial charge is 0.295 e. The highest BCUT2D eigenvalue weighted by Crippen LogP contribution is 2.34. The van der Waals surface area contributed by atoms with Crippen molar-refractivity contribution in [2.45, 2.75) is 25.7 Å². The zero-order valence-electron chi connectivity index (χ0n) is 29.4. The summed E-state index contributed by atoms with van der Waals surface area (Å²) in [6.45, 7) is 6.61. The largest absolute Gasteiger partial charge is 0.494 e. The number of rotatable bonds is 20. The molecule has 1 saturated heterocycles. The third-order valence-electron chi connectivity index (χ3n) is 8.67. The SMILES string of the molecule is CCOCCOCCOCCOCCNC(=O)c1ncn(-c2ncc(OC)c3c(C(=O)C(=O)N4CCC(C(C#N)c5ccccc5)CC4)c[nH]c23)n1. The Balaban J connectivity index is 1.13. The molecule has 3 aromatic heterocycles. The third kappa shape index (κ3) is 9.56. The summed E-state index contributed by atoms with van der Waals surface area (Å²) in [5, 5.41) is 17.2. The highest BCUT2D eigenvalue weighted by molar-refractivity contribution is 6.45. The molecule has 0 spiro atoms. The Morgan fingerprint density at radius 1 is 0.981 bits per heavy atom. The van der Waals surface area contributed by atoms with Crippen molar-refractivity contribution < 1.29 is 38.1 Å². The van der Waals surface area contributed by atoms with E-state index in [1.165, 1.54) is 35.4 Å². The number of nitrogens with zero attached hydrogens (tertiary/aromatic N) is 6. The number of carbonyl (C=O) groups is 3. The molecule has 1 unspecified atom stereocenters. The number of carbonyl (C=O) groups excluding carboxylic acids is 3. The van der Waals surface area contributed by atoms with Crippen LogP contribution in [0.15, 0.2) is 49.1 Å². The number of fused-ring (bicyclic) bond motifs is 1. The number of aromatic amines is 1. The predicted octanol–water partition coefficient (Wildman–Crippen LogP) is 2.70. The van der Waals surface area contributed by atoms with Crippen LogP contribution in [0.4, 0.5) is 0 Å². The van der Waals surface area contributed by atoms with Crippen molar-refractivity contribution in [2.24, 2.45) is 5.92 Å². The summed E-state index contributed by atoms with van der Waals surface area (Å²) in [4.78, 5) is 52.9. The molecule has 16 heteroatoms. The molecule has 1 aliphatic rings. The Labute approximate surface area is 301 Å². The maximum atomic E-state index is 13.6. The molecule has 2 amide bonds. The first-order valence-electron chi connectivity index (χ1n) is 17.3. The molecule has 0 radical (unpaired) electrons. The van der Waals surface area contributed by atoms with E-state index in [1.807, 2.05) is 37.3 Å². The van der Waals surface area contributed by atoms with E-state index < -0.39 is 17.6 Å². The fraction of sp³-hybridized carbons (Fsp3) is 0.472. The fourth-order valence-corrected chi connectivity index (χ4v) is 6.01. The number of nitrogens with one attached hydrogen (secondary N) is 2. The number of amides is 2. The van der Waals surface area contributed by atoms with Gasteiger partial charge in [0.2, 0.25) is 5.82 Å². The van der Waals surface area contributed by atoms with Crippen molar-refractivity contribution in [3.05, 3.63) is 66.0 Å². The van der Waals surface area contributed by atoms with E-state index in [9.17, 15) is 19.6 Å². The Bertz CT molecular complexity index is 1810. The van der Waals surface area contributed by atoms with Crippen molar-refractivity contribution in [2.75, 3.05) is 79.6 Å². The van der Waals surface area contributed by atoms with Gasteiger partial charge in [-0.3, -0.25) is 14.4 Å². The van der Waals surface area contributed by atoms with E-state index in [0.29, 0.717) is 83.1 Å². The molecule has 4 aromatic rings. The number of ketones is 1. The molecule has 5 rings (SSSR count). The van der Waals surface area contributed by atoms with E-state index in [1.54, 1.807) is 0 Å². The van der Waals surface area contributed by atoms with E-state index in [-0.39, 0.29) is 47.9 Å². The van der Waals surface area contributed by atoms with E-state index in [2.05, 4.69) is 31.4 Å². The van der Waals surface area contributed by atoms with Crippen molar-refractivity contribution >= 4 is 28.5 Å². The summed E-state index contributed by atoms with van der Waals surface area (Å²) >= 11 is 0. The first-order chi connectivity index (χ1) is 25.5. The minimum atomic E-state index is -0.699. The van der Waals surface area contributed by atoms with Crippen LogP contribution in [0.3, 0.4) is 0 Å². The predicted molar refractivity (Wildman–Crippen MR) is 187 cm³/mol. The number of hydrogen-bond acceptors (Lipinski definition) is 12. The number of ether oxygens (including phenoxy) is 5. The second-order valence-electron chi connectivity index (χ2n) is 11.9. The number of hydrogen-bond donors (Lipinski definition) is 2. The lowest BCUT2D eigenvalue weighted by Crippen LogP contribution is -2.43. The van der Waals surface area contributed by atoms with Crippen LogP contribution in [0.1, 0.15) is 52.2 Å². The minimum Gasteiger partial charge on any atom is -0.494 e. The van der Waals surface area contributed by atoms with Crippen LogP contribution in [0, 0.1) is 17.2 Å². The summed E-state index contributed by atoms with van der Waals surface area (Å²) in [5.41, 5.74) is 1.45. The van der Waals surface area contributed by atoms with Crippen LogP contribution in [-0.4, -0.2) is 127 Å². The highest BCUT2D eigenvalue weighted by Gasteiger charge is 2.33. The lowest BCUT2D eigenvalue weighted by molar-refractivity contribution is -0.127. The van der Waals surface area contributed by atoms with Crippen LogP contribution in [0.5, 0.6) is 5.75 Å². The van der Waals surface area contributed by atoms with E-state index in [4.69, 9.17) is 23.7 Å². The van der Waals surface area contributed by atoms with Gasteiger partial charge < -0.3 is 38.9 Å². The summed E-state index contributed by atoms with van der Waals surface area (Å²) < 4.78 is 28.3. The summed E-state index contributed by atoms with van der Waals surface area (Å²) in [6, 6.07) is 12.0. The molecule has 4 heterocycles. The van der Waals surface area contributed by atoms with Crippen molar-refractivity contribution in [3.8, 4) is 17.6 Å². The Hall–Kier alpha value is -5.21. The molecule has 0 saturated carbocycles. The standard InChI is InChI=1S/C36H44N8O8/c1-3-49-15-16-51-19-20-52-18-17-50-14-11-38-35(46)33-41-24-44(42-33)34-31-30(29(48-2)23-40-34)28(22-39-31)32(45)36(47)43-12-9-26(10-13-43)27(21-37)25-7-5-4-6-8-25/h4-8,22-24,26-27,39H,3,9-20H2,1-2H3,(H,38,46). The van der Waals surface area contributed by atoms with Gasteiger partial charge in [-0.1, -0.05) is 30.3 Å². The number of benzene rings is 1. The number of Topliss-reactive ketones (excluding diaryl/α,β-unsaturated/α-hetero) is 1. The minimum absolute atomic E-state index is 0.0779. The second kappa shape index (κ2) is 19.4. The molecule has 0 aliphatic carbocycles. The topological polar surface area (TPSA) is 196 Å². The van der Waals surface area contributed by atoms with E-state index in [0.717, 1.165) is 5.56 Å². The first kappa shape index (κ1) is 38.0. The Morgan fingerprint density at radius 3 is 2.31 bits per heavy atom. The quantitative estimate of drug-likeness (QED) is 0.0772. The van der Waals surface area contributed by atoms with Crippen LogP contribution < -0.4 is 10.1 Å². The molecule has 2 N–H and O–H groups in total. The molecule has 16 nitrogen and oxygen atoms in total. The van der Waals surface area contributed by atoms with E-state index >= 15 is 0 Å². The summed E-state index contributed by atoms with van der Waals surface area (Å²) in [7, 11) is 1.44. The number of methoxy groups -OCH3 is 1. The summed E-state index contributed by atoms with van der Waals surface area (Å²) in [6.07, 6.45) is 5.41. The van der Waals surface area contributed by atoms with Crippen LogP contribution in [0.25, 0.3) is 16.7 Å². The number of aromatic nitrogens is 5. The van der Waals surface area contributed by atoms with Crippen molar-refractivity contribution in [1.29, 1.82) is 5.26 Å². The average Bonchev–Trinajstić information content (AvgIpc) is 3.86. The number of H-pyrrole nitrogens is 1. The molecule has 1 aromatic carbocycles. The maximum Gasteiger partial charge on any atom is 0.295 e. The zero-order valence-corrected chi connectivity index (χ0v) is 29.4. The molecule has 52 heavy (non-hydrogen) atoms. The highest BCUT2D eigenvalue weighted by atomic mass is 16.6. The van der Waals surface area contributed by atoms with Crippen LogP contribution >= 0.6 is 0 Å². The fourth-order valence-electron chi connectivity index (χ4n) is 6.01. The third-order valence-corrected chi connectivity index (χ3v) is 8.67. The molecule has 276 valence electrons. The van der Waals surface area contributed by atoms with Gasteiger partial charge in [-0.15, -0.1) is 5.10 Å². The molecule has 1 fully saturated rings. The Kier molecular flexibility index (Phi) is 14.2. The molecular weight excluding hydrogens is 672 g/mol. The first-order valence-corrected chi connectivity index (χ1v) is 17.3. The number of nitriles is 1. The number of likely N-dealkylation sites (tertiary alicyclic amines) is 1. The van der Waals surface area contributed by atoms with Gasteiger partial charge in [0, 0.05) is 32.4 Å². The molecule has 0 bridgehead atoms. The number of piperidine rings is 1. The Morgan fingerprint density at radius 2 is 1.65 bits per heavy atom. The van der Waals surface area contributed by atoms with Gasteiger partial charge in [0.15, 0.2) is 5.82 Å². The second-order valence-corrected chi connectivity index (χ2v) is 11.9. The van der Waals surface area contributed by atoms with Gasteiger partial charge in [-0.05, 0) is 31.2 Å². The van der Waals surface area contributed by atoms with Gasteiger partial charge >= 0.3 is 0 Å². The van der Waals surface area contributed by atoms with Crippen molar-refractivity contribution in [1.82, 2.24) is 34.9 Å².